The van der Waals surface area contributed by atoms with E-state index in [4.69, 9.17) is 4.43 Å². The highest BCUT2D eigenvalue weighted by Gasteiger charge is 2.36. The van der Waals surface area contributed by atoms with Crippen molar-refractivity contribution in [1.82, 2.24) is 4.98 Å². The summed E-state index contributed by atoms with van der Waals surface area (Å²) in [6.45, 7) is 9.64. The largest absolute Gasteiger partial charge is 0.506 e. The van der Waals surface area contributed by atoms with Gasteiger partial charge in [-0.05, 0) is 57.8 Å². The van der Waals surface area contributed by atoms with Crippen LogP contribution in [-0.4, -0.2) is 29.8 Å². The van der Waals surface area contributed by atoms with Crippen molar-refractivity contribution in [3.8, 4) is 5.75 Å². The Kier molecular flexibility index (Phi) is 4.17. The molecule has 2 aromatic carbocycles. The zero-order valence-electron chi connectivity index (χ0n) is 15.3. The molecule has 1 N–H and O–H groups in total. The molecular weight excluding hydrogens is 330 g/mol. The molecule has 0 atom stereocenters. The van der Waals surface area contributed by atoms with Crippen molar-refractivity contribution in [1.29, 1.82) is 0 Å². The number of Topliss-reactive ketones (excluding diaryl/α,β-unsaturated/α-hetero) is 1. The Bertz CT molecular complexity index is 974. The molecule has 5 heteroatoms. The van der Waals surface area contributed by atoms with E-state index in [1.54, 1.807) is 26.0 Å². The van der Waals surface area contributed by atoms with Gasteiger partial charge >= 0.3 is 0 Å². The topological polar surface area (TPSA) is 59.4 Å². The molecule has 0 saturated heterocycles. The van der Waals surface area contributed by atoms with E-state index in [0.717, 1.165) is 10.9 Å². The van der Waals surface area contributed by atoms with Gasteiger partial charge in [0.15, 0.2) is 14.1 Å². The van der Waals surface area contributed by atoms with Gasteiger partial charge in [-0.2, -0.15) is 0 Å². The monoisotopic (exact) mass is 353 g/mol. The Morgan fingerprint density at radius 2 is 1.76 bits per heavy atom. The van der Waals surface area contributed by atoms with Gasteiger partial charge in [0.1, 0.15) is 11.4 Å². The molecule has 0 aliphatic rings. The molecule has 0 saturated carbocycles. The highest BCUT2D eigenvalue weighted by Crippen LogP contribution is 2.33. The number of nitrogens with zero attached hydrogens (tertiary/aromatic N) is 1. The minimum atomic E-state index is -1.91. The highest BCUT2D eigenvalue weighted by molar-refractivity contribution is 6.70. The maximum atomic E-state index is 13.0. The molecule has 3 aromatic rings. The van der Waals surface area contributed by atoms with E-state index < -0.39 is 13.9 Å². The van der Waals surface area contributed by atoms with E-state index in [0.29, 0.717) is 10.9 Å². The summed E-state index contributed by atoms with van der Waals surface area (Å²) in [7, 11) is -1.91. The highest BCUT2D eigenvalue weighted by atomic mass is 28.4. The van der Waals surface area contributed by atoms with Crippen molar-refractivity contribution < 1.29 is 14.3 Å². The van der Waals surface area contributed by atoms with Crippen LogP contribution in [0.15, 0.2) is 42.5 Å². The number of rotatable bonds is 4. The third-order valence-electron chi connectivity index (χ3n) is 4.02. The van der Waals surface area contributed by atoms with Crippen LogP contribution < -0.4 is 0 Å². The van der Waals surface area contributed by atoms with Crippen molar-refractivity contribution >= 4 is 35.9 Å². The molecule has 0 bridgehead atoms. The lowest BCUT2D eigenvalue weighted by molar-refractivity contribution is 0.0555. The predicted octanol–water partition coefficient (Wildman–Crippen LogP) is 4.91. The van der Waals surface area contributed by atoms with E-state index >= 15 is 0 Å². The van der Waals surface area contributed by atoms with Crippen LogP contribution in [0.1, 0.15) is 24.2 Å². The first-order valence-corrected chi connectivity index (χ1v) is 11.8. The minimum absolute atomic E-state index is 0.0343. The molecule has 0 unspecified atom stereocenters. The molecule has 0 spiro atoms. The Morgan fingerprint density at radius 3 is 2.44 bits per heavy atom. The molecular formula is C20H23NO3Si. The number of ketones is 1. The summed E-state index contributed by atoms with van der Waals surface area (Å²) in [5.74, 6) is -0.254. The number of hydrogen-bond donors (Lipinski definition) is 1. The van der Waals surface area contributed by atoms with Crippen molar-refractivity contribution in [3.05, 3.63) is 48.0 Å². The molecule has 0 amide bonds. The fourth-order valence-corrected chi connectivity index (χ4v) is 4.78. The number of benzene rings is 2. The van der Waals surface area contributed by atoms with Gasteiger partial charge in [0, 0.05) is 10.8 Å². The lowest BCUT2D eigenvalue weighted by Crippen LogP contribution is -2.44. The van der Waals surface area contributed by atoms with Gasteiger partial charge in [-0.3, -0.25) is 4.79 Å². The van der Waals surface area contributed by atoms with E-state index in [1.807, 2.05) is 50.0 Å². The standard InChI is InChI=1S/C20H23NO3Si/c1-20(2,24-25(3,4)5)19(23)14-10-11-17-15(18(14)22)12-13-8-6-7-9-16(13)21-17/h6-12,22H,1-5H3. The normalized spacial score (nSPS) is 12.7. The van der Waals surface area contributed by atoms with Gasteiger partial charge in [0.25, 0.3) is 0 Å². The van der Waals surface area contributed by atoms with Gasteiger partial charge in [0.05, 0.1) is 16.6 Å². The Labute approximate surface area is 148 Å². The van der Waals surface area contributed by atoms with Gasteiger partial charge < -0.3 is 9.53 Å². The Balaban J connectivity index is 2.12. The van der Waals surface area contributed by atoms with E-state index in [9.17, 15) is 9.90 Å². The summed E-state index contributed by atoms with van der Waals surface area (Å²) in [4.78, 5) is 17.6. The van der Waals surface area contributed by atoms with Gasteiger partial charge in [0.2, 0.25) is 0 Å². The van der Waals surface area contributed by atoms with Crippen LogP contribution in [0.5, 0.6) is 5.75 Å². The van der Waals surface area contributed by atoms with Crippen molar-refractivity contribution in [3.63, 3.8) is 0 Å². The molecule has 0 aliphatic carbocycles. The zero-order chi connectivity index (χ0) is 18.4. The van der Waals surface area contributed by atoms with Crippen LogP contribution in [-0.2, 0) is 4.43 Å². The number of carbonyl (C=O) groups is 1. The first-order valence-electron chi connectivity index (χ1n) is 8.35. The molecule has 1 heterocycles. The molecule has 0 aliphatic heterocycles. The molecule has 3 rings (SSSR count). The fourth-order valence-electron chi connectivity index (χ4n) is 3.15. The Hall–Kier alpha value is -2.24. The molecule has 4 nitrogen and oxygen atoms in total. The summed E-state index contributed by atoms with van der Waals surface area (Å²) in [5.41, 5.74) is 0.806. The number of pyridine rings is 1. The van der Waals surface area contributed by atoms with E-state index in [-0.39, 0.29) is 17.1 Å². The third-order valence-corrected chi connectivity index (χ3v) is 5.15. The fraction of sp³-hybridized carbons (Fsp3) is 0.300. The summed E-state index contributed by atoms with van der Waals surface area (Å²) in [6, 6.07) is 13.0. The van der Waals surface area contributed by atoms with Crippen molar-refractivity contribution in [2.75, 3.05) is 0 Å². The minimum Gasteiger partial charge on any atom is -0.506 e. The predicted molar refractivity (Wildman–Crippen MR) is 104 cm³/mol. The first kappa shape index (κ1) is 17.6. The molecule has 0 fully saturated rings. The number of carbonyl (C=O) groups excluding carboxylic acids is 1. The maximum Gasteiger partial charge on any atom is 0.196 e. The van der Waals surface area contributed by atoms with Crippen LogP contribution in [0.2, 0.25) is 19.6 Å². The number of phenolic OH excluding ortho intramolecular Hbond substituents is 1. The van der Waals surface area contributed by atoms with E-state index in [2.05, 4.69) is 4.98 Å². The van der Waals surface area contributed by atoms with Crippen molar-refractivity contribution in [2.24, 2.45) is 0 Å². The average molecular weight is 353 g/mol. The summed E-state index contributed by atoms with van der Waals surface area (Å²) in [6.07, 6.45) is 0. The van der Waals surface area contributed by atoms with Gasteiger partial charge in [-0.1, -0.05) is 18.2 Å². The van der Waals surface area contributed by atoms with Gasteiger partial charge in [-0.15, -0.1) is 0 Å². The van der Waals surface area contributed by atoms with Crippen molar-refractivity contribution in [2.45, 2.75) is 39.1 Å². The van der Waals surface area contributed by atoms with Crippen LogP contribution in [0.25, 0.3) is 21.8 Å². The van der Waals surface area contributed by atoms with Crippen LogP contribution in [0, 0.1) is 0 Å². The second kappa shape index (κ2) is 5.93. The maximum absolute atomic E-state index is 13.0. The number of phenols is 1. The second-order valence-corrected chi connectivity index (χ2v) is 12.2. The Morgan fingerprint density at radius 1 is 1.08 bits per heavy atom. The number of aromatic hydroxyl groups is 1. The number of aromatic nitrogens is 1. The quantitative estimate of drug-likeness (QED) is 0.411. The molecule has 1 aromatic heterocycles. The number of fused-ring (bicyclic) bond motifs is 2. The van der Waals surface area contributed by atoms with Crippen LogP contribution in [0.4, 0.5) is 0 Å². The summed E-state index contributed by atoms with van der Waals surface area (Å²) in [5, 5.41) is 12.2. The molecule has 25 heavy (non-hydrogen) atoms. The number of para-hydroxylation sites is 1. The van der Waals surface area contributed by atoms with E-state index in [1.165, 1.54) is 0 Å². The lowest BCUT2D eigenvalue weighted by atomic mass is 9.94. The lowest BCUT2D eigenvalue weighted by Gasteiger charge is -2.32. The number of hydrogen-bond acceptors (Lipinski definition) is 4. The summed E-state index contributed by atoms with van der Waals surface area (Å²) < 4.78 is 6.04. The van der Waals surface area contributed by atoms with Crippen LogP contribution >= 0.6 is 0 Å². The third kappa shape index (κ3) is 3.43. The smallest absolute Gasteiger partial charge is 0.196 e. The van der Waals surface area contributed by atoms with Crippen LogP contribution in [0.3, 0.4) is 0 Å². The first-order chi connectivity index (χ1) is 11.6. The van der Waals surface area contributed by atoms with Gasteiger partial charge in [-0.25, -0.2) is 4.98 Å². The summed E-state index contributed by atoms with van der Waals surface area (Å²) >= 11 is 0. The molecule has 0 radical (unpaired) electrons. The second-order valence-electron chi connectivity index (χ2n) is 7.76. The SMILES string of the molecule is CC(C)(O[Si](C)(C)C)C(=O)c1ccc2nc3ccccc3cc2c1O. The average Bonchev–Trinajstić information content (AvgIpc) is 2.51. The molecule has 130 valence electrons. The zero-order valence-corrected chi connectivity index (χ0v) is 16.3.